The number of hydrogen-bond donors (Lipinski definition) is 0. The second-order valence-electron chi connectivity index (χ2n) is 6.33. The van der Waals surface area contributed by atoms with Gasteiger partial charge in [0.25, 0.3) is 0 Å². The fourth-order valence-corrected chi connectivity index (χ4v) is 3.15. The normalized spacial score (nSPS) is 10.1. The van der Waals surface area contributed by atoms with Crippen molar-refractivity contribution in [2.24, 2.45) is 0 Å². The number of nitrogens with zero attached hydrogens (tertiary/aromatic N) is 2. The number of hydrogen-bond acceptors (Lipinski definition) is 2. The molecule has 0 spiro atoms. The van der Waals surface area contributed by atoms with E-state index in [9.17, 15) is 0 Å². The van der Waals surface area contributed by atoms with Crippen LogP contribution >= 0.6 is 23.2 Å². The summed E-state index contributed by atoms with van der Waals surface area (Å²) in [6.45, 7) is 4.06. The lowest BCUT2D eigenvalue weighted by Gasteiger charge is -2.01. The van der Waals surface area contributed by atoms with Crippen LogP contribution in [-0.2, 0) is 0 Å². The van der Waals surface area contributed by atoms with E-state index in [-0.39, 0.29) is 0 Å². The first-order valence-corrected chi connectivity index (χ1v) is 9.24. The molecule has 0 fully saturated rings. The van der Waals surface area contributed by atoms with E-state index < -0.39 is 0 Å². The van der Waals surface area contributed by atoms with Crippen LogP contribution in [0.5, 0.6) is 0 Å². The maximum atomic E-state index is 5.89. The monoisotopic (exact) mass is 402 g/mol. The molecule has 0 saturated carbocycles. The van der Waals surface area contributed by atoms with Crippen molar-refractivity contribution in [3.63, 3.8) is 0 Å². The van der Waals surface area contributed by atoms with Gasteiger partial charge in [0.15, 0.2) is 0 Å². The summed E-state index contributed by atoms with van der Waals surface area (Å²) in [7, 11) is 0. The number of halogens is 2. The number of benzene rings is 2. The zero-order valence-electron chi connectivity index (χ0n) is 15.4. The van der Waals surface area contributed by atoms with Crippen LogP contribution in [0.15, 0.2) is 48.5 Å². The highest BCUT2D eigenvalue weighted by Gasteiger charge is 2.03. The smallest absolute Gasteiger partial charge is 0.145 e. The average molecular weight is 403 g/mol. The van der Waals surface area contributed by atoms with Crippen LogP contribution < -0.4 is 0 Å². The molecule has 4 heteroatoms. The molecule has 4 aromatic rings. The average Bonchev–Trinajstić information content (AvgIpc) is 2.68. The first-order chi connectivity index (χ1) is 13.4. The summed E-state index contributed by atoms with van der Waals surface area (Å²) in [5, 5.41) is 2.84. The Morgan fingerprint density at radius 3 is 1.43 bits per heavy atom. The van der Waals surface area contributed by atoms with Gasteiger partial charge in [0.1, 0.15) is 10.3 Å². The van der Waals surface area contributed by atoms with Gasteiger partial charge in [-0.25, -0.2) is 9.97 Å². The van der Waals surface area contributed by atoms with Gasteiger partial charge in [-0.2, -0.15) is 0 Å². The molecule has 0 amide bonds. The van der Waals surface area contributed by atoms with Crippen LogP contribution in [0.2, 0.25) is 10.3 Å². The van der Waals surface area contributed by atoms with Gasteiger partial charge in [-0.1, -0.05) is 58.3 Å². The molecule has 0 aliphatic rings. The Balaban J connectivity index is 0.000000161. The first-order valence-electron chi connectivity index (χ1n) is 8.48. The fraction of sp³-hybridized carbons (Fsp3) is 0.0833. The molecular formula is C24H16Cl2N2. The molecule has 0 atom stereocenters. The molecular weight excluding hydrogens is 387 g/mol. The molecule has 0 aliphatic heterocycles. The third-order valence-corrected chi connectivity index (χ3v) is 4.73. The maximum Gasteiger partial charge on any atom is 0.145 e. The molecule has 136 valence electrons. The van der Waals surface area contributed by atoms with Gasteiger partial charge < -0.3 is 0 Å². The Hall–Kier alpha value is -3.04. The minimum absolute atomic E-state index is 0.392. The van der Waals surface area contributed by atoms with Crippen LogP contribution in [0.3, 0.4) is 0 Å². The van der Waals surface area contributed by atoms with Crippen molar-refractivity contribution < 1.29 is 0 Å². The van der Waals surface area contributed by atoms with E-state index in [1.807, 2.05) is 62.4 Å². The number of aromatic nitrogens is 2. The Labute approximate surface area is 174 Å². The molecule has 0 radical (unpaired) electrons. The topological polar surface area (TPSA) is 25.8 Å². The summed E-state index contributed by atoms with van der Waals surface area (Å²) in [4.78, 5) is 8.42. The van der Waals surface area contributed by atoms with Crippen molar-refractivity contribution in [3.8, 4) is 24.7 Å². The third-order valence-electron chi connectivity index (χ3n) is 4.16. The lowest BCUT2D eigenvalue weighted by molar-refractivity contribution is 1.38. The van der Waals surface area contributed by atoms with Crippen LogP contribution in [0, 0.1) is 38.5 Å². The van der Waals surface area contributed by atoms with Crippen LogP contribution in [0.1, 0.15) is 22.3 Å². The molecule has 0 bridgehead atoms. The van der Waals surface area contributed by atoms with Crippen molar-refractivity contribution >= 4 is 45.0 Å². The summed E-state index contributed by atoms with van der Waals surface area (Å²) in [6.07, 6.45) is 10.6. The highest BCUT2D eigenvalue weighted by atomic mass is 35.5. The first kappa shape index (κ1) is 19.7. The SMILES string of the molecule is C#Cc1cc2cc(C)ccc2nc1Cl.C#Cc1cc2cc(C)ccc2nc1Cl. The minimum Gasteiger partial charge on any atom is -0.235 e. The summed E-state index contributed by atoms with van der Waals surface area (Å²) in [6, 6.07) is 15.7. The number of fused-ring (bicyclic) bond motifs is 2. The van der Waals surface area contributed by atoms with E-state index in [4.69, 9.17) is 36.0 Å². The maximum absolute atomic E-state index is 5.89. The fourth-order valence-electron chi connectivity index (χ4n) is 2.75. The Morgan fingerprint density at radius 2 is 1.07 bits per heavy atom. The lowest BCUT2D eigenvalue weighted by Crippen LogP contribution is -1.85. The van der Waals surface area contributed by atoms with Crippen molar-refractivity contribution in [2.75, 3.05) is 0 Å². The lowest BCUT2D eigenvalue weighted by atomic mass is 10.1. The molecule has 2 aromatic heterocycles. The number of terminal acetylenes is 2. The highest BCUT2D eigenvalue weighted by molar-refractivity contribution is 6.31. The molecule has 2 nitrogen and oxygen atoms in total. The summed E-state index contributed by atoms with van der Waals surface area (Å²) < 4.78 is 0. The van der Waals surface area contributed by atoms with E-state index in [0.717, 1.165) is 21.8 Å². The van der Waals surface area contributed by atoms with E-state index in [0.29, 0.717) is 21.4 Å². The molecule has 0 aliphatic carbocycles. The van der Waals surface area contributed by atoms with Crippen LogP contribution in [0.4, 0.5) is 0 Å². The van der Waals surface area contributed by atoms with E-state index in [2.05, 4.69) is 21.8 Å². The quantitative estimate of drug-likeness (QED) is 0.252. The zero-order valence-corrected chi connectivity index (χ0v) is 16.9. The van der Waals surface area contributed by atoms with Gasteiger partial charge in [-0.05, 0) is 50.2 Å². The second-order valence-corrected chi connectivity index (χ2v) is 7.05. The largest absolute Gasteiger partial charge is 0.235 e. The zero-order chi connectivity index (χ0) is 20.3. The third kappa shape index (κ3) is 4.26. The van der Waals surface area contributed by atoms with E-state index in [1.54, 1.807) is 0 Å². The standard InChI is InChI=1S/2C12H8ClN/c2*1-3-9-7-10-6-8(2)4-5-11(10)14-12(9)13/h2*1,4-7H,2H3. The van der Waals surface area contributed by atoms with E-state index in [1.165, 1.54) is 11.1 Å². The molecule has 28 heavy (non-hydrogen) atoms. The van der Waals surface area contributed by atoms with Gasteiger partial charge in [0.2, 0.25) is 0 Å². The minimum atomic E-state index is 0.392. The Morgan fingerprint density at radius 1 is 0.679 bits per heavy atom. The van der Waals surface area contributed by atoms with Crippen molar-refractivity contribution in [1.82, 2.24) is 9.97 Å². The number of aryl methyl sites for hydroxylation is 2. The highest BCUT2D eigenvalue weighted by Crippen LogP contribution is 2.21. The number of rotatable bonds is 0. The molecule has 0 saturated heterocycles. The summed E-state index contributed by atoms with van der Waals surface area (Å²) >= 11 is 11.8. The predicted octanol–water partition coefficient (Wildman–Crippen LogP) is 6.36. The van der Waals surface area contributed by atoms with Crippen LogP contribution in [-0.4, -0.2) is 9.97 Å². The van der Waals surface area contributed by atoms with E-state index >= 15 is 0 Å². The van der Waals surface area contributed by atoms with Gasteiger partial charge in [-0.15, -0.1) is 12.8 Å². The Bertz CT molecular complexity index is 1180. The van der Waals surface area contributed by atoms with Crippen LogP contribution in [0.25, 0.3) is 21.8 Å². The van der Waals surface area contributed by atoms with Gasteiger partial charge in [-0.3, -0.25) is 0 Å². The predicted molar refractivity (Wildman–Crippen MR) is 119 cm³/mol. The number of pyridine rings is 2. The van der Waals surface area contributed by atoms with Crippen molar-refractivity contribution in [3.05, 3.63) is 81.1 Å². The molecule has 2 heterocycles. The molecule has 4 rings (SSSR count). The summed E-state index contributed by atoms with van der Waals surface area (Å²) in [5.41, 5.74) is 5.41. The molecule has 0 unspecified atom stereocenters. The van der Waals surface area contributed by atoms with Crippen molar-refractivity contribution in [2.45, 2.75) is 13.8 Å². The van der Waals surface area contributed by atoms with Gasteiger partial charge in [0, 0.05) is 10.8 Å². The second kappa shape index (κ2) is 8.32. The van der Waals surface area contributed by atoms with Gasteiger partial charge >= 0.3 is 0 Å². The van der Waals surface area contributed by atoms with Crippen molar-refractivity contribution in [1.29, 1.82) is 0 Å². The summed E-state index contributed by atoms with van der Waals surface area (Å²) in [5.74, 6) is 5.02. The molecule has 0 N–H and O–H groups in total. The van der Waals surface area contributed by atoms with Gasteiger partial charge in [0.05, 0.1) is 22.2 Å². The Kier molecular flexibility index (Phi) is 5.86. The molecule has 2 aromatic carbocycles.